The van der Waals surface area contributed by atoms with Crippen LogP contribution in [0, 0.1) is 0 Å². The number of ether oxygens (including phenoxy) is 2. The van der Waals surface area contributed by atoms with Gasteiger partial charge in [0.05, 0.1) is 14.2 Å². The number of para-hydroxylation sites is 1. The number of hydrogen-bond acceptors (Lipinski definition) is 2. The maximum absolute atomic E-state index is 6.01. The van der Waals surface area contributed by atoms with E-state index >= 15 is 0 Å². The Morgan fingerprint density at radius 2 is 1.56 bits per heavy atom. The Morgan fingerprint density at radius 3 is 2.11 bits per heavy atom. The Morgan fingerprint density at radius 1 is 0.889 bits per heavy atom. The van der Waals surface area contributed by atoms with Crippen LogP contribution in [0.5, 0.6) is 11.5 Å². The minimum atomic E-state index is 0.586. The summed E-state index contributed by atoms with van der Waals surface area (Å²) < 4.78 is 10.7. The molecular formula is C14H12Cl2O2. The van der Waals surface area contributed by atoms with E-state index in [-0.39, 0.29) is 0 Å². The maximum Gasteiger partial charge on any atom is 0.168 e. The van der Waals surface area contributed by atoms with Gasteiger partial charge in [-0.1, -0.05) is 35.3 Å². The molecule has 4 heteroatoms. The van der Waals surface area contributed by atoms with Gasteiger partial charge in [-0.25, -0.2) is 0 Å². The molecular weight excluding hydrogens is 271 g/mol. The summed E-state index contributed by atoms with van der Waals surface area (Å²) in [5, 5.41) is 1.17. The molecule has 0 atom stereocenters. The predicted molar refractivity (Wildman–Crippen MR) is 75.0 cm³/mol. The first-order valence-corrected chi connectivity index (χ1v) is 6.08. The summed E-state index contributed by atoms with van der Waals surface area (Å²) in [5.74, 6) is 1.34. The average molecular weight is 283 g/mol. The minimum absolute atomic E-state index is 0.586. The van der Waals surface area contributed by atoms with Gasteiger partial charge >= 0.3 is 0 Å². The monoisotopic (exact) mass is 282 g/mol. The third-order valence-corrected chi connectivity index (χ3v) is 3.01. The zero-order valence-electron chi connectivity index (χ0n) is 10.0. The molecule has 0 saturated carbocycles. The van der Waals surface area contributed by atoms with Crippen LogP contribution in [-0.2, 0) is 0 Å². The first-order chi connectivity index (χ1) is 8.65. The molecule has 0 aromatic heterocycles. The van der Waals surface area contributed by atoms with Crippen molar-refractivity contribution in [2.24, 2.45) is 0 Å². The molecule has 2 nitrogen and oxygen atoms in total. The van der Waals surface area contributed by atoms with Gasteiger partial charge in [-0.3, -0.25) is 0 Å². The fourth-order valence-electron chi connectivity index (χ4n) is 1.82. The molecule has 2 rings (SSSR count). The lowest BCUT2D eigenvalue weighted by molar-refractivity contribution is 0.356. The summed E-state index contributed by atoms with van der Waals surface area (Å²) in [5.41, 5.74) is 1.78. The number of rotatable bonds is 3. The van der Waals surface area contributed by atoms with Crippen molar-refractivity contribution < 1.29 is 9.47 Å². The maximum atomic E-state index is 6.01. The van der Waals surface area contributed by atoms with Crippen LogP contribution >= 0.6 is 23.2 Å². The van der Waals surface area contributed by atoms with Gasteiger partial charge in [-0.15, -0.1) is 0 Å². The summed E-state index contributed by atoms with van der Waals surface area (Å²) in [6.07, 6.45) is 0. The fraction of sp³-hybridized carbons (Fsp3) is 0.143. The highest BCUT2D eigenvalue weighted by Gasteiger charge is 2.12. The van der Waals surface area contributed by atoms with E-state index < -0.39 is 0 Å². The van der Waals surface area contributed by atoms with E-state index in [9.17, 15) is 0 Å². The van der Waals surface area contributed by atoms with Crippen molar-refractivity contribution in [1.29, 1.82) is 0 Å². The number of methoxy groups -OCH3 is 2. The van der Waals surface area contributed by atoms with Crippen LogP contribution in [0.1, 0.15) is 0 Å². The summed E-state index contributed by atoms with van der Waals surface area (Å²) in [7, 11) is 3.21. The van der Waals surface area contributed by atoms with Crippen molar-refractivity contribution >= 4 is 23.2 Å². The fourth-order valence-corrected chi connectivity index (χ4v) is 2.35. The molecule has 0 amide bonds. The van der Waals surface area contributed by atoms with Gasteiger partial charge in [0.2, 0.25) is 0 Å². The van der Waals surface area contributed by atoms with Crippen LogP contribution in [0.25, 0.3) is 11.1 Å². The van der Waals surface area contributed by atoms with Crippen LogP contribution in [0.2, 0.25) is 10.0 Å². The highest BCUT2D eigenvalue weighted by atomic mass is 35.5. The van der Waals surface area contributed by atoms with Gasteiger partial charge < -0.3 is 9.47 Å². The first kappa shape index (κ1) is 13.1. The van der Waals surface area contributed by atoms with Crippen molar-refractivity contribution in [3.63, 3.8) is 0 Å². The zero-order chi connectivity index (χ0) is 13.1. The molecule has 0 radical (unpaired) electrons. The van der Waals surface area contributed by atoms with Gasteiger partial charge in [0.1, 0.15) is 0 Å². The Labute approximate surface area is 116 Å². The van der Waals surface area contributed by atoms with E-state index in [2.05, 4.69) is 0 Å². The third-order valence-electron chi connectivity index (χ3n) is 2.58. The van der Waals surface area contributed by atoms with Gasteiger partial charge in [0.25, 0.3) is 0 Å². The second kappa shape index (κ2) is 5.51. The molecule has 2 aromatic rings. The molecule has 0 aliphatic rings. The lowest BCUT2D eigenvalue weighted by Crippen LogP contribution is -1.93. The van der Waals surface area contributed by atoms with Gasteiger partial charge in [-0.05, 0) is 29.8 Å². The molecule has 0 unspecified atom stereocenters. The molecule has 0 aliphatic carbocycles. The number of halogens is 2. The molecule has 0 heterocycles. The topological polar surface area (TPSA) is 18.5 Å². The van der Waals surface area contributed by atoms with Crippen LogP contribution in [-0.4, -0.2) is 14.2 Å². The third kappa shape index (κ3) is 2.55. The van der Waals surface area contributed by atoms with Crippen LogP contribution in [0.4, 0.5) is 0 Å². The van der Waals surface area contributed by atoms with E-state index in [1.165, 1.54) is 0 Å². The Balaban J connectivity index is 2.63. The lowest BCUT2D eigenvalue weighted by Gasteiger charge is -2.13. The Bertz CT molecular complexity index is 547. The van der Waals surface area contributed by atoms with Crippen molar-refractivity contribution in [3.8, 4) is 22.6 Å². The number of hydrogen-bond donors (Lipinski definition) is 0. The average Bonchev–Trinajstić information content (AvgIpc) is 2.36. The summed E-state index contributed by atoms with van der Waals surface area (Å²) in [6.45, 7) is 0. The predicted octanol–water partition coefficient (Wildman–Crippen LogP) is 4.68. The smallest absolute Gasteiger partial charge is 0.168 e. The van der Waals surface area contributed by atoms with Crippen LogP contribution in [0.3, 0.4) is 0 Å². The molecule has 18 heavy (non-hydrogen) atoms. The zero-order valence-corrected chi connectivity index (χ0v) is 11.5. The molecule has 94 valence electrons. The van der Waals surface area contributed by atoms with Gasteiger partial charge in [0.15, 0.2) is 11.5 Å². The highest BCUT2D eigenvalue weighted by molar-refractivity contribution is 6.35. The van der Waals surface area contributed by atoms with Crippen molar-refractivity contribution in [2.45, 2.75) is 0 Å². The van der Waals surface area contributed by atoms with Crippen LogP contribution in [0.15, 0.2) is 36.4 Å². The van der Waals surface area contributed by atoms with E-state index in [1.54, 1.807) is 20.3 Å². The number of benzene rings is 2. The quantitative estimate of drug-likeness (QED) is 0.814. The summed E-state index contributed by atoms with van der Waals surface area (Å²) in [4.78, 5) is 0. The molecule has 0 bridgehead atoms. The Hall–Kier alpha value is -1.38. The highest BCUT2D eigenvalue weighted by Crippen LogP contribution is 2.39. The van der Waals surface area contributed by atoms with Crippen molar-refractivity contribution in [3.05, 3.63) is 46.4 Å². The molecule has 0 spiro atoms. The molecule has 0 saturated heterocycles. The minimum Gasteiger partial charge on any atom is -0.493 e. The largest absolute Gasteiger partial charge is 0.493 e. The normalized spacial score (nSPS) is 10.2. The second-order valence-electron chi connectivity index (χ2n) is 3.70. The van der Waals surface area contributed by atoms with E-state index in [0.717, 1.165) is 11.1 Å². The summed E-state index contributed by atoms with van der Waals surface area (Å²) in [6, 6.07) is 11.0. The lowest BCUT2D eigenvalue weighted by atomic mass is 10.0. The van der Waals surface area contributed by atoms with Crippen LogP contribution < -0.4 is 9.47 Å². The standard InChI is InChI=1S/C14H12Cl2O2/c1-17-13-5-3-4-12(14(13)18-2)9-6-10(15)8-11(16)7-9/h3-8H,1-2H3. The first-order valence-electron chi connectivity index (χ1n) is 5.33. The second-order valence-corrected chi connectivity index (χ2v) is 4.57. The Kier molecular flexibility index (Phi) is 4.00. The molecule has 0 N–H and O–H groups in total. The SMILES string of the molecule is COc1cccc(-c2cc(Cl)cc(Cl)c2)c1OC. The van der Waals surface area contributed by atoms with Crippen molar-refractivity contribution in [2.75, 3.05) is 14.2 Å². The van der Waals surface area contributed by atoms with E-state index in [4.69, 9.17) is 32.7 Å². The van der Waals surface area contributed by atoms with E-state index in [0.29, 0.717) is 21.5 Å². The van der Waals surface area contributed by atoms with Gasteiger partial charge in [-0.2, -0.15) is 0 Å². The van der Waals surface area contributed by atoms with E-state index in [1.807, 2.05) is 30.3 Å². The molecule has 0 aliphatic heterocycles. The molecule has 0 fully saturated rings. The molecule has 2 aromatic carbocycles. The summed E-state index contributed by atoms with van der Waals surface area (Å²) >= 11 is 12.0. The van der Waals surface area contributed by atoms with Crippen molar-refractivity contribution in [1.82, 2.24) is 0 Å². The van der Waals surface area contributed by atoms with Gasteiger partial charge in [0, 0.05) is 15.6 Å².